The van der Waals surface area contributed by atoms with Crippen LogP contribution < -0.4 is 4.74 Å². The first-order chi connectivity index (χ1) is 11.9. The van der Waals surface area contributed by atoms with Crippen LogP contribution >= 0.6 is 31.9 Å². The van der Waals surface area contributed by atoms with E-state index in [1.165, 1.54) is 31.4 Å². The van der Waals surface area contributed by atoms with Crippen molar-refractivity contribution < 1.29 is 22.2 Å². The van der Waals surface area contributed by atoms with Gasteiger partial charge in [0.1, 0.15) is 11.6 Å². The Balaban J connectivity index is 2.16. The van der Waals surface area contributed by atoms with E-state index < -0.39 is 12.8 Å². The fourth-order valence-corrected chi connectivity index (χ4v) is 4.44. The third-order valence-corrected chi connectivity index (χ3v) is 5.61. The third-order valence-electron chi connectivity index (χ3n) is 4.32. The van der Waals surface area contributed by atoms with Gasteiger partial charge in [-0.2, -0.15) is 0 Å². The molecule has 0 fully saturated rings. The first-order valence-corrected chi connectivity index (χ1v) is 8.93. The van der Waals surface area contributed by atoms with E-state index in [0.717, 1.165) is 8.96 Å². The molecule has 0 N–H and O–H groups in total. The first kappa shape index (κ1) is 16.7. The van der Waals surface area contributed by atoms with Gasteiger partial charge in [0.15, 0.2) is 5.70 Å². The van der Waals surface area contributed by atoms with Gasteiger partial charge in [0, 0.05) is 33.8 Å². The van der Waals surface area contributed by atoms with Crippen LogP contribution in [0.3, 0.4) is 0 Å². The normalized spacial score (nSPS) is 17.8. The van der Waals surface area contributed by atoms with Gasteiger partial charge in [-0.25, -0.2) is 4.39 Å². The molecule has 0 spiro atoms. The maximum atomic E-state index is 15.1. The molecule has 0 saturated carbocycles. The molecule has 0 aliphatic carbocycles. The molecule has 1 aromatic carbocycles. The molecule has 1 aromatic heterocycles. The zero-order chi connectivity index (χ0) is 17.9. The van der Waals surface area contributed by atoms with E-state index in [9.17, 15) is 4.39 Å². The van der Waals surface area contributed by atoms with Crippen molar-refractivity contribution in [3.8, 4) is 5.75 Å². The van der Waals surface area contributed by atoms with Crippen molar-refractivity contribution in [3.05, 3.63) is 69.9 Å². The Morgan fingerprint density at radius 3 is 2.60 bits per heavy atom. The zero-order valence-corrected chi connectivity index (χ0v) is 16.0. The lowest BCUT2D eigenvalue weighted by atomic mass is 9.86. The van der Waals surface area contributed by atoms with Crippen LogP contribution in [-0.4, -0.2) is 27.7 Å². The fourth-order valence-electron chi connectivity index (χ4n) is 3.31. The van der Waals surface area contributed by atoms with Crippen LogP contribution in [0.15, 0.2) is 52.8 Å². The van der Waals surface area contributed by atoms with Gasteiger partial charge in [0.05, 0.1) is 22.8 Å². The van der Waals surface area contributed by atoms with Crippen molar-refractivity contribution in [1.82, 2.24) is 4.48 Å². The highest BCUT2D eigenvalue weighted by molar-refractivity contribution is 9.18. The molecule has 128 valence electrons. The van der Waals surface area contributed by atoms with Crippen molar-refractivity contribution in [2.24, 2.45) is 0 Å². The van der Waals surface area contributed by atoms with Crippen LogP contribution in [0, 0.1) is 5.82 Å². The molecule has 0 unspecified atom stereocenters. The minimum absolute atomic E-state index is 0.148. The SMILES string of the molecule is COc1cccc(F)c1C1=C2C=CC(Br)=[N+]2[B-](F)(F)n2c(Br)ccc21. The number of benzene rings is 1. The fraction of sp³-hybridized carbons (Fsp3) is 0.0625. The second kappa shape index (κ2) is 5.64. The summed E-state index contributed by atoms with van der Waals surface area (Å²) in [4.78, 5) is 0. The average Bonchev–Trinajstić information content (AvgIpc) is 3.13. The number of ether oxygens (including phenoxy) is 1. The summed E-state index contributed by atoms with van der Waals surface area (Å²) in [6.07, 6.45) is 3.07. The lowest BCUT2D eigenvalue weighted by Gasteiger charge is -2.32. The Labute approximate surface area is 158 Å². The van der Waals surface area contributed by atoms with Gasteiger partial charge in [0.2, 0.25) is 4.62 Å². The Kier molecular flexibility index (Phi) is 3.77. The number of hydrogen-bond acceptors (Lipinski definition) is 1. The minimum atomic E-state index is -4.14. The van der Waals surface area contributed by atoms with E-state index >= 15 is 8.63 Å². The quantitative estimate of drug-likeness (QED) is 0.574. The average molecular weight is 474 g/mol. The van der Waals surface area contributed by atoms with Crippen molar-refractivity contribution in [2.45, 2.75) is 0 Å². The van der Waals surface area contributed by atoms with Gasteiger partial charge in [0.25, 0.3) is 0 Å². The Hall–Kier alpha value is -1.74. The molecule has 9 heteroatoms. The van der Waals surface area contributed by atoms with Crippen molar-refractivity contribution in [3.63, 3.8) is 0 Å². The van der Waals surface area contributed by atoms with Crippen LogP contribution in [0.4, 0.5) is 13.0 Å². The van der Waals surface area contributed by atoms with E-state index in [2.05, 4.69) is 31.9 Å². The molecular formula is C16H10BBr2F3N2O. The standard InChI is InChI=1S/C16H10BBr2F3N2O/c1-25-12-4-2-3-9(20)15(12)16-10-5-7-13(18)23(10)17(21,22)24-11(16)6-8-14(24)19/h2-8H,1H3. The van der Waals surface area contributed by atoms with E-state index in [4.69, 9.17) is 4.74 Å². The minimum Gasteiger partial charge on any atom is -0.496 e. The number of fused-ring (bicyclic) bond motifs is 2. The Bertz CT molecular complexity index is 1010. The maximum absolute atomic E-state index is 15.1. The zero-order valence-electron chi connectivity index (χ0n) is 12.8. The molecular weight excluding hydrogens is 464 g/mol. The van der Waals surface area contributed by atoms with Crippen molar-refractivity contribution in [2.75, 3.05) is 7.11 Å². The maximum Gasteiger partial charge on any atom is 0.738 e. The molecule has 4 rings (SSSR count). The van der Waals surface area contributed by atoms with Crippen LogP contribution in [0.5, 0.6) is 5.75 Å². The predicted molar refractivity (Wildman–Crippen MR) is 97.8 cm³/mol. The van der Waals surface area contributed by atoms with E-state index in [-0.39, 0.29) is 31.9 Å². The van der Waals surface area contributed by atoms with Gasteiger partial charge < -0.3 is 22.3 Å². The highest BCUT2D eigenvalue weighted by Gasteiger charge is 2.54. The molecule has 3 nitrogen and oxygen atoms in total. The monoisotopic (exact) mass is 472 g/mol. The topological polar surface area (TPSA) is 17.2 Å². The summed E-state index contributed by atoms with van der Waals surface area (Å²) in [6, 6.07) is 7.48. The number of allylic oxidation sites excluding steroid dienone is 2. The third kappa shape index (κ3) is 2.21. The van der Waals surface area contributed by atoms with Gasteiger partial charge >= 0.3 is 6.97 Å². The predicted octanol–water partition coefficient (Wildman–Crippen LogP) is 4.77. The van der Waals surface area contributed by atoms with Crippen LogP contribution in [0.25, 0.3) is 5.57 Å². The number of methoxy groups -OCH3 is 1. The van der Waals surface area contributed by atoms with Gasteiger partial charge in [-0.05, 0) is 40.2 Å². The summed E-state index contributed by atoms with van der Waals surface area (Å²) in [5.74, 6) is -0.264. The summed E-state index contributed by atoms with van der Waals surface area (Å²) < 4.78 is 52.5. The van der Waals surface area contributed by atoms with Gasteiger partial charge in [-0.15, -0.1) is 0 Å². The second-order valence-electron chi connectivity index (χ2n) is 5.60. The summed E-state index contributed by atoms with van der Waals surface area (Å²) in [6.45, 7) is -4.14. The molecule has 0 amide bonds. The largest absolute Gasteiger partial charge is 0.738 e. The van der Waals surface area contributed by atoms with E-state index in [1.807, 2.05) is 0 Å². The number of hydrogen-bond donors (Lipinski definition) is 0. The summed E-state index contributed by atoms with van der Waals surface area (Å²) in [7, 11) is 1.42. The molecule has 2 aliphatic rings. The lowest BCUT2D eigenvalue weighted by Crippen LogP contribution is -2.50. The molecule has 0 saturated heterocycles. The van der Waals surface area contributed by atoms with Crippen LogP contribution in [-0.2, 0) is 0 Å². The summed E-state index contributed by atoms with van der Waals surface area (Å²) in [5, 5.41) is 0. The Morgan fingerprint density at radius 1 is 1.12 bits per heavy atom. The molecule has 3 heterocycles. The second-order valence-corrected chi connectivity index (χ2v) is 7.23. The summed E-state index contributed by atoms with van der Waals surface area (Å²) >= 11 is 6.36. The van der Waals surface area contributed by atoms with E-state index in [1.54, 1.807) is 18.2 Å². The van der Waals surface area contributed by atoms with Crippen LogP contribution in [0.2, 0.25) is 0 Å². The first-order valence-electron chi connectivity index (χ1n) is 7.34. The smallest absolute Gasteiger partial charge is 0.496 e. The summed E-state index contributed by atoms with van der Waals surface area (Å²) in [5.41, 5.74) is 0.936. The lowest BCUT2D eigenvalue weighted by molar-refractivity contribution is -0.358. The molecule has 2 aliphatic heterocycles. The van der Waals surface area contributed by atoms with E-state index in [0.29, 0.717) is 5.57 Å². The van der Waals surface area contributed by atoms with Crippen molar-refractivity contribution in [1.29, 1.82) is 0 Å². The van der Waals surface area contributed by atoms with Crippen LogP contribution in [0.1, 0.15) is 11.3 Å². The van der Waals surface area contributed by atoms with Crippen molar-refractivity contribution >= 4 is 49.0 Å². The Morgan fingerprint density at radius 2 is 1.88 bits per heavy atom. The van der Waals surface area contributed by atoms with Gasteiger partial charge in [-0.1, -0.05) is 6.07 Å². The number of aromatic nitrogens is 1. The number of rotatable bonds is 2. The molecule has 25 heavy (non-hydrogen) atoms. The molecule has 0 bridgehead atoms. The molecule has 0 atom stereocenters. The molecule has 0 radical (unpaired) electrons. The number of nitrogens with zero attached hydrogens (tertiary/aromatic N) is 2. The molecule has 2 aromatic rings. The highest BCUT2D eigenvalue weighted by Crippen LogP contribution is 2.44. The number of halogens is 5. The van der Waals surface area contributed by atoms with Gasteiger partial charge in [-0.3, -0.25) is 0 Å². The highest BCUT2D eigenvalue weighted by atomic mass is 79.9.